The van der Waals surface area contributed by atoms with E-state index in [-0.39, 0.29) is 28.9 Å². The number of nitrogens with zero attached hydrogens (tertiary/aromatic N) is 1. The Balaban J connectivity index is 0.00000242. The summed E-state index contributed by atoms with van der Waals surface area (Å²) in [7, 11) is -3.66. The van der Waals surface area contributed by atoms with E-state index < -0.39 is 10.0 Å². The standard InChI is InChI=1S/C14H22N4O2S.HI/c1-10-7-13(21(16,19)20)6-5-12(10)9-18-14(15)17-8-11-3-2-4-11;/h5-7,11H,2-4,8-9H2,1H3,(H3,15,17,18)(H2,16,19,20);1H. The van der Waals surface area contributed by atoms with Gasteiger partial charge in [0.2, 0.25) is 10.0 Å². The molecule has 1 aliphatic carbocycles. The van der Waals surface area contributed by atoms with E-state index in [0.29, 0.717) is 12.5 Å². The second-order valence-electron chi connectivity index (χ2n) is 5.51. The molecule has 1 fully saturated rings. The van der Waals surface area contributed by atoms with E-state index in [1.54, 1.807) is 12.1 Å². The maximum Gasteiger partial charge on any atom is 0.238 e. The number of aryl methyl sites for hydroxylation is 1. The van der Waals surface area contributed by atoms with E-state index in [0.717, 1.165) is 23.6 Å². The molecule has 22 heavy (non-hydrogen) atoms. The Morgan fingerprint density at radius 1 is 1.41 bits per heavy atom. The lowest BCUT2D eigenvalue weighted by atomic mass is 9.85. The lowest BCUT2D eigenvalue weighted by molar-refractivity contribution is 0.315. The number of guanidine groups is 1. The molecule has 0 saturated heterocycles. The largest absolute Gasteiger partial charge is 0.370 e. The van der Waals surface area contributed by atoms with Crippen molar-refractivity contribution in [2.75, 3.05) is 6.54 Å². The zero-order valence-electron chi connectivity index (χ0n) is 12.6. The van der Waals surface area contributed by atoms with E-state index in [1.165, 1.54) is 25.3 Å². The molecule has 6 nitrogen and oxygen atoms in total. The van der Waals surface area contributed by atoms with Crippen LogP contribution in [0.1, 0.15) is 30.4 Å². The van der Waals surface area contributed by atoms with Crippen LogP contribution in [0.3, 0.4) is 0 Å². The fraction of sp³-hybridized carbons (Fsp3) is 0.500. The first-order valence-electron chi connectivity index (χ1n) is 7.02. The Hall–Kier alpha value is -0.870. The van der Waals surface area contributed by atoms with Crippen LogP contribution < -0.4 is 16.2 Å². The van der Waals surface area contributed by atoms with Gasteiger partial charge in [-0.05, 0) is 48.9 Å². The Morgan fingerprint density at radius 3 is 2.59 bits per heavy atom. The third-order valence-corrected chi connectivity index (χ3v) is 4.77. The second kappa shape index (κ2) is 8.11. The van der Waals surface area contributed by atoms with Crippen LogP contribution in [0.4, 0.5) is 0 Å². The summed E-state index contributed by atoms with van der Waals surface area (Å²) in [5.41, 5.74) is 7.58. The van der Waals surface area contributed by atoms with Gasteiger partial charge in [-0.15, -0.1) is 24.0 Å². The van der Waals surface area contributed by atoms with Crippen LogP contribution in [0.2, 0.25) is 0 Å². The molecule has 1 aliphatic rings. The van der Waals surface area contributed by atoms with Crippen molar-refractivity contribution in [2.24, 2.45) is 21.8 Å². The number of benzene rings is 1. The molecule has 1 saturated carbocycles. The lowest BCUT2D eigenvalue weighted by Gasteiger charge is -2.25. The monoisotopic (exact) mass is 438 g/mol. The highest BCUT2D eigenvalue weighted by Crippen LogP contribution is 2.25. The summed E-state index contributed by atoms with van der Waals surface area (Å²) in [6, 6.07) is 4.77. The molecule has 0 amide bonds. The van der Waals surface area contributed by atoms with Gasteiger partial charge in [-0.2, -0.15) is 0 Å². The van der Waals surface area contributed by atoms with Crippen LogP contribution >= 0.6 is 24.0 Å². The van der Waals surface area contributed by atoms with Crippen molar-refractivity contribution < 1.29 is 8.42 Å². The van der Waals surface area contributed by atoms with E-state index in [9.17, 15) is 8.42 Å². The topological polar surface area (TPSA) is 111 Å². The van der Waals surface area contributed by atoms with E-state index in [1.807, 2.05) is 6.92 Å². The highest BCUT2D eigenvalue weighted by atomic mass is 127. The van der Waals surface area contributed by atoms with Crippen LogP contribution in [0.25, 0.3) is 0 Å². The fourth-order valence-corrected chi connectivity index (χ4v) is 2.79. The Labute approximate surface area is 148 Å². The highest BCUT2D eigenvalue weighted by molar-refractivity contribution is 14.0. The molecular weight excluding hydrogens is 415 g/mol. The van der Waals surface area contributed by atoms with E-state index in [2.05, 4.69) is 10.3 Å². The van der Waals surface area contributed by atoms with Gasteiger partial charge in [-0.3, -0.25) is 0 Å². The van der Waals surface area contributed by atoms with Crippen molar-refractivity contribution in [3.63, 3.8) is 0 Å². The van der Waals surface area contributed by atoms with Crippen molar-refractivity contribution in [1.29, 1.82) is 0 Å². The minimum absolute atomic E-state index is 0. The molecule has 124 valence electrons. The van der Waals surface area contributed by atoms with Gasteiger partial charge in [0.15, 0.2) is 5.96 Å². The number of primary sulfonamides is 1. The molecule has 0 atom stereocenters. The average molecular weight is 438 g/mol. The number of sulfonamides is 1. The van der Waals surface area contributed by atoms with Crippen LogP contribution in [-0.2, 0) is 16.6 Å². The SMILES string of the molecule is Cc1cc(S(N)(=O)=O)ccc1CN=C(N)NCC1CCC1.I. The van der Waals surface area contributed by atoms with Gasteiger partial charge in [0.1, 0.15) is 0 Å². The summed E-state index contributed by atoms with van der Waals surface area (Å²) < 4.78 is 22.5. The average Bonchev–Trinajstić information content (AvgIpc) is 2.34. The van der Waals surface area contributed by atoms with E-state index in [4.69, 9.17) is 10.9 Å². The molecule has 2 rings (SSSR count). The summed E-state index contributed by atoms with van der Waals surface area (Å²) in [6.45, 7) is 3.12. The maximum atomic E-state index is 11.3. The van der Waals surface area contributed by atoms with Gasteiger partial charge >= 0.3 is 0 Å². The zero-order valence-corrected chi connectivity index (χ0v) is 15.7. The molecule has 0 radical (unpaired) electrons. The fourth-order valence-electron chi connectivity index (χ4n) is 2.19. The summed E-state index contributed by atoms with van der Waals surface area (Å²) in [6.07, 6.45) is 3.82. The minimum atomic E-state index is -3.66. The van der Waals surface area contributed by atoms with Gasteiger partial charge in [0.05, 0.1) is 11.4 Å². The number of hydrogen-bond acceptors (Lipinski definition) is 3. The molecule has 0 unspecified atom stereocenters. The Bertz CT molecular complexity index is 642. The predicted molar refractivity (Wildman–Crippen MR) is 98.6 cm³/mol. The molecule has 1 aromatic rings. The van der Waals surface area contributed by atoms with E-state index >= 15 is 0 Å². The number of hydrogen-bond donors (Lipinski definition) is 3. The molecule has 0 aromatic heterocycles. The molecule has 8 heteroatoms. The summed E-state index contributed by atoms with van der Waals surface area (Å²) in [4.78, 5) is 4.39. The van der Waals surface area contributed by atoms with Crippen LogP contribution in [-0.4, -0.2) is 20.9 Å². The summed E-state index contributed by atoms with van der Waals surface area (Å²) in [5, 5.41) is 8.22. The van der Waals surface area contributed by atoms with Crippen LogP contribution in [0.5, 0.6) is 0 Å². The van der Waals surface area contributed by atoms with Gasteiger partial charge < -0.3 is 11.1 Å². The minimum Gasteiger partial charge on any atom is -0.370 e. The molecule has 5 N–H and O–H groups in total. The van der Waals surface area contributed by atoms with Crippen molar-refractivity contribution in [3.8, 4) is 0 Å². The second-order valence-corrected chi connectivity index (χ2v) is 7.07. The number of rotatable bonds is 5. The highest BCUT2D eigenvalue weighted by Gasteiger charge is 2.16. The molecule has 0 spiro atoms. The van der Waals surface area contributed by atoms with Crippen molar-refractivity contribution in [3.05, 3.63) is 29.3 Å². The van der Waals surface area contributed by atoms with Gasteiger partial charge in [0.25, 0.3) is 0 Å². The number of aliphatic imine (C=N–C) groups is 1. The molecular formula is C14H23IN4O2S. The normalized spacial score (nSPS) is 15.8. The first-order valence-corrected chi connectivity index (χ1v) is 8.57. The van der Waals surface area contributed by atoms with Crippen molar-refractivity contribution in [2.45, 2.75) is 37.6 Å². The molecule has 1 aromatic carbocycles. The van der Waals surface area contributed by atoms with Crippen molar-refractivity contribution in [1.82, 2.24) is 5.32 Å². The first-order chi connectivity index (χ1) is 9.86. The quantitative estimate of drug-likeness (QED) is 0.367. The van der Waals surface area contributed by atoms with Gasteiger partial charge in [-0.25, -0.2) is 18.5 Å². The maximum absolute atomic E-state index is 11.3. The third kappa shape index (κ3) is 5.40. The van der Waals surface area contributed by atoms with Crippen molar-refractivity contribution >= 4 is 40.0 Å². The van der Waals surface area contributed by atoms with Gasteiger partial charge in [0, 0.05) is 6.54 Å². The molecule has 0 bridgehead atoms. The smallest absolute Gasteiger partial charge is 0.238 e. The number of halogens is 1. The molecule has 0 aliphatic heterocycles. The summed E-state index contributed by atoms with van der Waals surface area (Å²) >= 11 is 0. The van der Waals surface area contributed by atoms with Gasteiger partial charge in [-0.1, -0.05) is 12.5 Å². The Kier molecular flexibility index (Phi) is 7.07. The third-order valence-electron chi connectivity index (χ3n) is 3.86. The predicted octanol–water partition coefficient (Wildman–Crippen LogP) is 1.46. The zero-order chi connectivity index (χ0) is 15.5. The first kappa shape index (κ1) is 19.2. The lowest BCUT2D eigenvalue weighted by Crippen LogP contribution is -2.37. The van der Waals surface area contributed by atoms with Crippen LogP contribution in [0, 0.1) is 12.8 Å². The molecule has 0 heterocycles. The summed E-state index contributed by atoms with van der Waals surface area (Å²) in [5.74, 6) is 1.14. The number of nitrogens with one attached hydrogen (secondary N) is 1. The van der Waals surface area contributed by atoms with Crippen LogP contribution in [0.15, 0.2) is 28.1 Å². The Morgan fingerprint density at radius 2 is 2.09 bits per heavy atom. The number of nitrogens with two attached hydrogens (primary N) is 2.